The number of ether oxygens (including phenoxy) is 6. The van der Waals surface area contributed by atoms with Crippen molar-refractivity contribution in [3.05, 3.63) is 35.5 Å². The Hall–Kier alpha value is -3.51. The summed E-state index contributed by atoms with van der Waals surface area (Å²) in [5.41, 5.74) is -2.01. The van der Waals surface area contributed by atoms with Gasteiger partial charge in [-0.3, -0.25) is 9.59 Å². The fourth-order valence-corrected chi connectivity index (χ4v) is 4.49. The average Bonchev–Trinajstić information content (AvgIpc) is 3.61. The summed E-state index contributed by atoms with van der Waals surface area (Å²) in [6.07, 6.45) is -3.23. The summed E-state index contributed by atoms with van der Waals surface area (Å²) in [5.74, 6) is -6.12. The summed E-state index contributed by atoms with van der Waals surface area (Å²) in [5, 5.41) is 11.0. The molecule has 220 valence electrons. The third-order valence-electron chi connectivity index (χ3n) is 7.44. The number of methoxy groups -OCH3 is 1. The van der Waals surface area contributed by atoms with Crippen LogP contribution in [0, 0.1) is 11.8 Å². The molecule has 0 spiro atoms. The second-order valence-corrected chi connectivity index (χ2v) is 10.4. The predicted molar refractivity (Wildman–Crippen MR) is 136 cm³/mol. The zero-order valence-electron chi connectivity index (χ0n) is 23.6. The van der Waals surface area contributed by atoms with Crippen molar-refractivity contribution in [2.75, 3.05) is 7.11 Å². The number of hydrogen-bond acceptors (Lipinski definition) is 12. The minimum atomic E-state index is -2.39. The molecule has 0 bridgehead atoms. The van der Waals surface area contributed by atoms with Gasteiger partial charge in [0.2, 0.25) is 0 Å². The van der Waals surface area contributed by atoms with Gasteiger partial charge in [-0.15, -0.1) is 0 Å². The minimum Gasteiger partial charge on any atom is -0.466 e. The Morgan fingerprint density at radius 3 is 2.38 bits per heavy atom. The van der Waals surface area contributed by atoms with E-state index < -0.39 is 83.9 Å². The molecule has 0 unspecified atom stereocenters. The summed E-state index contributed by atoms with van der Waals surface area (Å²) in [6, 6.07) is 0. The Labute approximate surface area is 232 Å². The van der Waals surface area contributed by atoms with Crippen LogP contribution in [0.25, 0.3) is 0 Å². The maximum atomic E-state index is 13.4. The highest BCUT2D eigenvalue weighted by molar-refractivity contribution is 5.93. The molecule has 0 amide bonds. The van der Waals surface area contributed by atoms with Gasteiger partial charge in [-0.1, -0.05) is 20.4 Å². The lowest BCUT2D eigenvalue weighted by Gasteiger charge is -2.36. The zero-order chi connectivity index (χ0) is 30.1. The van der Waals surface area contributed by atoms with Crippen LogP contribution in [0.4, 0.5) is 0 Å². The molecular formula is C28H36O12. The van der Waals surface area contributed by atoms with Gasteiger partial charge in [-0.25, -0.2) is 14.4 Å². The standard InChI is InChI=1S/C28H36O12/c1-9-12(2)24(30)39-23-20-14(4)25(31)38-18(20)10-13(3)21-19(37-21)11-17(26(32)35-8)22(23)40-27(33)28(7,34)15(5)36-16(6)29/h10-12,15,18-23,34H,4,9H2,1-3,5-8H3/b13-10+,17-11+/t12-,15-,18-,19-,20+,21+,22+,23+,28+/m1/s1. The number of aliphatic hydroxyl groups is 1. The first-order valence-electron chi connectivity index (χ1n) is 13.0. The van der Waals surface area contributed by atoms with Gasteiger partial charge in [-0.2, -0.15) is 0 Å². The van der Waals surface area contributed by atoms with Crippen molar-refractivity contribution in [1.82, 2.24) is 0 Å². The molecule has 3 rings (SSSR count). The van der Waals surface area contributed by atoms with Crippen LogP contribution in [0.3, 0.4) is 0 Å². The van der Waals surface area contributed by atoms with E-state index in [4.69, 9.17) is 28.4 Å². The van der Waals surface area contributed by atoms with Crippen molar-refractivity contribution in [3.8, 4) is 0 Å². The van der Waals surface area contributed by atoms with E-state index in [9.17, 15) is 29.1 Å². The van der Waals surface area contributed by atoms with Crippen molar-refractivity contribution in [1.29, 1.82) is 0 Å². The molecule has 1 N–H and O–H groups in total. The molecule has 12 heteroatoms. The summed E-state index contributed by atoms with van der Waals surface area (Å²) >= 11 is 0. The van der Waals surface area contributed by atoms with Crippen LogP contribution in [-0.4, -0.2) is 84.3 Å². The zero-order valence-corrected chi connectivity index (χ0v) is 23.6. The second kappa shape index (κ2) is 11.9. The molecule has 0 aromatic rings. The van der Waals surface area contributed by atoms with E-state index in [1.165, 1.54) is 13.0 Å². The van der Waals surface area contributed by atoms with Crippen LogP contribution in [0.2, 0.25) is 0 Å². The third kappa shape index (κ3) is 6.28. The van der Waals surface area contributed by atoms with E-state index in [2.05, 4.69) is 6.58 Å². The average molecular weight is 565 g/mol. The molecule has 12 nitrogen and oxygen atoms in total. The molecule has 0 saturated carbocycles. The lowest BCUT2D eigenvalue weighted by Crippen LogP contribution is -2.53. The molecule has 2 saturated heterocycles. The first-order valence-corrected chi connectivity index (χ1v) is 13.0. The summed E-state index contributed by atoms with van der Waals surface area (Å²) in [6.45, 7) is 12.4. The fourth-order valence-electron chi connectivity index (χ4n) is 4.49. The Kier molecular flexibility index (Phi) is 9.25. The van der Waals surface area contributed by atoms with Crippen molar-refractivity contribution in [2.45, 2.75) is 90.2 Å². The number of fused-ring (bicyclic) bond motifs is 2. The van der Waals surface area contributed by atoms with Crippen molar-refractivity contribution in [2.24, 2.45) is 11.8 Å². The molecule has 0 radical (unpaired) electrons. The van der Waals surface area contributed by atoms with Crippen LogP contribution >= 0.6 is 0 Å². The topological polar surface area (TPSA) is 164 Å². The molecule has 40 heavy (non-hydrogen) atoms. The molecular weight excluding hydrogens is 528 g/mol. The lowest BCUT2D eigenvalue weighted by molar-refractivity contribution is -0.195. The van der Waals surface area contributed by atoms with Gasteiger partial charge in [0.25, 0.3) is 0 Å². The minimum absolute atomic E-state index is 0.0739. The normalized spacial score (nSPS) is 33.1. The Morgan fingerprint density at radius 1 is 1.15 bits per heavy atom. The highest BCUT2D eigenvalue weighted by Gasteiger charge is 2.54. The second-order valence-electron chi connectivity index (χ2n) is 10.4. The van der Waals surface area contributed by atoms with E-state index in [0.717, 1.165) is 21.0 Å². The lowest BCUT2D eigenvalue weighted by atomic mass is 9.83. The van der Waals surface area contributed by atoms with Gasteiger partial charge < -0.3 is 33.5 Å². The van der Waals surface area contributed by atoms with Gasteiger partial charge >= 0.3 is 29.8 Å². The largest absolute Gasteiger partial charge is 0.466 e. The number of carbonyl (C=O) groups is 5. The first-order chi connectivity index (χ1) is 18.6. The van der Waals surface area contributed by atoms with Crippen molar-refractivity contribution >= 4 is 29.8 Å². The Bertz CT molecular complexity index is 1150. The van der Waals surface area contributed by atoms with Gasteiger partial charge in [0.05, 0.1) is 24.5 Å². The number of epoxide rings is 1. The quantitative estimate of drug-likeness (QED) is 0.149. The molecule has 2 aliphatic heterocycles. The SMILES string of the molecule is C=C1C(=O)O[C@@H]2/C=C(\C)[C@@H]3O[C@@H]3/C=C(/C(=O)OC)[C@H](OC(=O)[C@@](C)(O)[C@@H](C)OC(C)=O)[C@@H](OC(=O)[C@H](C)CC)[C@@H]12. The van der Waals surface area contributed by atoms with Crippen LogP contribution in [0.1, 0.15) is 48.0 Å². The van der Waals surface area contributed by atoms with E-state index >= 15 is 0 Å². The number of esters is 5. The highest BCUT2D eigenvalue weighted by atomic mass is 16.6. The summed E-state index contributed by atoms with van der Waals surface area (Å²) in [4.78, 5) is 63.8. The summed E-state index contributed by atoms with van der Waals surface area (Å²) in [7, 11) is 1.11. The van der Waals surface area contributed by atoms with Crippen LogP contribution < -0.4 is 0 Å². The smallest absolute Gasteiger partial charge is 0.342 e. The van der Waals surface area contributed by atoms with E-state index in [1.54, 1.807) is 26.8 Å². The maximum absolute atomic E-state index is 13.4. The van der Waals surface area contributed by atoms with E-state index in [0.29, 0.717) is 12.0 Å². The molecule has 9 atom stereocenters. The highest BCUT2D eigenvalue weighted by Crippen LogP contribution is 2.41. The van der Waals surface area contributed by atoms with Crippen LogP contribution in [0.15, 0.2) is 35.5 Å². The van der Waals surface area contributed by atoms with E-state index in [-0.39, 0.29) is 11.1 Å². The predicted octanol–water partition coefficient (Wildman–Crippen LogP) is 1.48. The third-order valence-corrected chi connectivity index (χ3v) is 7.44. The molecule has 0 aromatic heterocycles. The van der Waals surface area contributed by atoms with Crippen molar-refractivity contribution in [3.63, 3.8) is 0 Å². The molecule has 1 aliphatic carbocycles. The summed E-state index contributed by atoms with van der Waals surface area (Å²) < 4.78 is 32.8. The Morgan fingerprint density at radius 2 is 1.80 bits per heavy atom. The first kappa shape index (κ1) is 31.0. The molecule has 2 heterocycles. The van der Waals surface area contributed by atoms with Gasteiger partial charge in [0, 0.05) is 12.5 Å². The number of hydrogen-bond donors (Lipinski definition) is 1. The number of carbonyl (C=O) groups excluding carboxylic acids is 5. The van der Waals surface area contributed by atoms with Crippen LogP contribution in [0.5, 0.6) is 0 Å². The maximum Gasteiger partial charge on any atom is 0.342 e. The van der Waals surface area contributed by atoms with Crippen LogP contribution in [-0.2, 0) is 52.4 Å². The Balaban J connectivity index is 2.19. The van der Waals surface area contributed by atoms with Gasteiger partial charge in [0.1, 0.15) is 24.4 Å². The molecule has 3 aliphatic rings. The van der Waals surface area contributed by atoms with E-state index in [1.807, 2.05) is 0 Å². The molecule has 0 aromatic carbocycles. The fraction of sp³-hybridized carbons (Fsp3) is 0.607. The van der Waals surface area contributed by atoms with Gasteiger partial charge in [0.15, 0.2) is 17.8 Å². The molecule has 2 fully saturated rings. The monoisotopic (exact) mass is 564 g/mol. The van der Waals surface area contributed by atoms with Gasteiger partial charge in [-0.05, 0) is 44.9 Å². The van der Waals surface area contributed by atoms with Crippen molar-refractivity contribution < 1.29 is 57.5 Å². The number of rotatable bonds is 8.